The quantitative estimate of drug-likeness (QED) is 0.753. The molecule has 1 aromatic carbocycles. The summed E-state index contributed by atoms with van der Waals surface area (Å²) in [5, 5.41) is 0. The summed E-state index contributed by atoms with van der Waals surface area (Å²) in [6, 6.07) is 1.60. The summed E-state index contributed by atoms with van der Waals surface area (Å²) in [5.41, 5.74) is 1.37. The second-order valence-electron chi connectivity index (χ2n) is 4.93. The maximum atomic E-state index is 12.3. The minimum atomic E-state index is -3.59. The van der Waals surface area contributed by atoms with Crippen LogP contribution in [0.3, 0.4) is 0 Å². The molecule has 0 saturated heterocycles. The van der Waals surface area contributed by atoms with Gasteiger partial charge in [0.05, 0.1) is 21.3 Å². The van der Waals surface area contributed by atoms with Crippen LogP contribution >= 0.6 is 0 Å². The van der Waals surface area contributed by atoms with Gasteiger partial charge in [-0.2, -0.15) is 0 Å². The SMILES string of the molecule is C=CCS(=O)(=O)c1c(C)cc(C)c(S(=O)(=O)CC=C)c1C. The summed E-state index contributed by atoms with van der Waals surface area (Å²) >= 11 is 0. The molecule has 4 nitrogen and oxygen atoms in total. The number of aryl methyl sites for hydroxylation is 2. The molecule has 0 aliphatic carbocycles. The van der Waals surface area contributed by atoms with Crippen LogP contribution in [0.4, 0.5) is 0 Å². The van der Waals surface area contributed by atoms with Crippen LogP contribution in [0.1, 0.15) is 16.7 Å². The van der Waals surface area contributed by atoms with Gasteiger partial charge in [0, 0.05) is 0 Å². The van der Waals surface area contributed by atoms with Gasteiger partial charge in [-0.3, -0.25) is 0 Å². The van der Waals surface area contributed by atoms with Crippen molar-refractivity contribution in [3.63, 3.8) is 0 Å². The van der Waals surface area contributed by atoms with E-state index in [4.69, 9.17) is 0 Å². The summed E-state index contributed by atoms with van der Waals surface area (Å²) in [6.07, 6.45) is 2.60. The number of hydrogen-bond donors (Lipinski definition) is 0. The Kier molecular flexibility index (Phi) is 5.17. The highest BCUT2D eigenvalue weighted by Crippen LogP contribution is 2.31. The molecule has 0 atom stereocenters. The van der Waals surface area contributed by atoms with Gasteiger partial charge in [0.15, 0.2) is 19.7 Å². The summed E-state index contributed by atoms with van der Waals surface area (Å²) in [7, 11) is -7.19. The molecular formula is C15H20O4S2. The van der Waals surface area contributed by atoms with Crippen molar-refractivity contribution >= 4 is 19.7 Å². The Bertz CT molecular complexity index is 721. The molecule has 116 valence electrons. The van der Waals surface area contributed by atoms with E-state index in [1.807, 2.05) is 0 Å². The predicted octanol–water partition coefficient (Wildman–Crippen LogP) is 2.53. The van der Waals surface area contributed by atoms with Crippen molar-refractivity contribution in [2.24, 2.45) is 0 Å². The molecule has 0 saturated carbocycles. The standard InChI is InChI=1S/C15H20O4S2/c1-6-8-20(16,17)14-11(3)10-12(4)15(13(14)5)21(18,19)9-7-2/h6-7,10H,1-2,8-9H2,3-5H3. The monoisotopic (exact) mass is 328 g/mol. The van der Waals surface area contributed by atoms with Gasteiger partial charge in [-0.25, -0.2) is 16.8 Å². The van der Waals surface area contributed by atoms with Crippen molar-refractivity contribution in [1.29, 1.82) is 0 Å². The second kappa shape index (κ2) is 6.15. The largest absolute Gasteiger partial charge is 0.223 e. The number of hydrogen-bond acceptors (Lipinski definition) is 4. The van der Waals surface area contributed by atoms with Gasteiger partial charge in [-0.15, -0.1) is 13.2 Å². The minimum Gasteiger partial charge on any atom is -0.223 e. The Morgan fingerprint density at radius 2 is 1.19 bits per heavy atom. The number of rotatable bonds is 6. The molecule has 21 heavy (non-hydrogen) atoms. The zero-order valence-corrected chi connectivity index (χ0v) is 14.1. The van der Waals surface area contributed by atoms with E-state index in [0.717, 1.165) is 0 Å². The maximum Gasteiger partial charge on any atom is 0.182 e. The highest BCUT2D eigenvalue weighted by Gasteiger charge is 2.26. The van der Waals surface area contributed by atoms with Gasteiger partial charge >= 0.3 is 0 Å². The Hall–Kier alpha value is -1.40. The summed E-state index contributed by atoms with van der Waals surface area (Å²) < 4.78 is 49.3. The molecule has 0 aliphatic rings. The van der Waals surface area contributed by atoms with Crippen molar-refractivity contribution in [1.82, 2.24) is 0 Å². The molecule has 1 aromatic rings. The van der Waals surface area contributed by atoms with Crippen LogP contribution in [0.15, 0.2) is 41.2 Å². The van der Waals surface area contributed by atoms with Crippen LogP contribution < -0.4 is 0 Å². The molecular weight excluding hydrogens is 308 g/mol. The van der Waals surface area contributed by atoms with E-state index >= 15 is 0 Å². The van der Waals surface area contributed by atoms with Gasteiger partial charge < -0.3 is 0 Å². The van der Waals surface area contributed by atoms with Gasteiger partial charge in [0.2, 0.25) is 0 Å². The average Bonchev–Trinajstić information content (AvgIpc) is 2.25. The van der Waals surface area contributed by atoms with Crippen LogP contribution in [0, 0.1) is 20.8 Å². The lowest BCUT2D eigenvalue weighted by Gasteiger charge is -2.16. The van der Waals surface area contributed by atoms with Crippen molar-refractivity contribution in [2.75, 3.05) is 11.5 Å². The average molecular weight is 328 g/mol. The molecule has 0 aromatic heterocycles. The van der Waals surface area contributed by atoms with Gasteiger partial charge in [0.1, 0.15) is 0 Å². The topological polar surface area (TPSA) is 68.3 Å². The lowest BCUT2D eigenvalue weighted by molar-refractivity contribution is 0.594. The van der Waals surface area contributed by atoms with Crippen molar-refractivity contribution in [3.8, 4) is 0 Å². The van der Waals surface area contributed by atoms with E-state index in [1.165, 1.54) is 19.1 Å². The molecule has 1 rings (SSSR count). The zero-order chi connectivity index (χ0) is 16.4. The lowest BCUT2D eigenvalue weighted by atomic mass is 10.1. The normalized spacial score (nSPS) is 12.1. The zero-order valence-electron chi connectivity index (χ0n) is 12.5. The van der Waals surface area contributed by atoms with Crippen LogP contribution in [0.2, 0.25) is 0 Å². The molecule has 0 amide bonds. The van der Waals surface area contributed by atoms with Crippen molar-refractivity contribution in [2.45, 2.75) is 30.6 Å². The third-order valence-electron chi connectivity index (χ3n) is 3.13. The van der Waals surface area contributed by atoms with Crippen LogP contribution in [0.5, 0.6) is 0 Å². The first-order valence-corrected chi connectivity index (χ1v) is 9.67. The van der Waals surface area contributed by atoms with Crippen LogP contribution in [-0.4, -0.2) is 28.3 Å². The van der Waals surface area contributed by atoms with Crippen LogP contribution in [-0.2, 0) is 19.7 Å². The van der Waals surface area contributed by atoms with Gasteiger partial charge in [0.25, 0.3) is 0 Å². The molecule has 0 aliphatic heterocycles. The highest BCUT2D eigenvalue weighted by atomic mass is 32.2. The molecule has 6 heteroatoms. The van der Waals surface area contributed by atoms with E-state index in [-0.39, 0.29) is 26.9 Å². The molecule has 0 unspecified atom stereocenters. The third-order valence-corrected chi connectivity index (χ3v) is 6.98. The van der Waals surface area contributed by atoms with Gasteiger partial charge in [-0.05, 0) is 37.5 Å². The Morgan fingerprint density at radius 3 is 1.48 bits per heavy atom. The fraction of sp³-hybridized carbons (Fsp3) is 0.333. The smallest absolute Gasteiger partial charge is 0.182 e. The van der Waals surface area contributed by atoms with E-state index < -0.39 is 19.7 Å². The minimum absolute atomic E-state index is 0.0793. The van der Waals surface area contributed by atoms with Crippen molar-refractivity contribution in [3.05, 3.63) is 48.1 Å². The second-order valence-corrected chi connectivity index (χ2v) is 8.88. The summed E-state index contributed by atoms with van der Waals surface area (Å²) in [4.78, 5) is 0.159. The van der Waals surface area contributed by atoms with Crippen molar-refractivity contribution < 1.29 is 16.8 Å². The van der Waals surface area contributed by atoms with E-state index in [1.54, 1.807) is 19.9 Å². The third kappa shape index (κ3) is 3.44. The van der Waals surface area contributed by atoms with E-state index in [2.05, 4.69) is 13.2 Å². The number of benzene rings is 1. The molecule has 0 heterocycles. The molecule has 0 N–H and O–H groups in total. The first-order valence-electron chi connectivity index (χ1n) is 6.36. The van der Waals surface area contributed by atoms with Crippen LogP contribution in [0.25, 0.3) is 0 Å². The first-order chi connectivity index (χ1) is 9.58. The molecule has 0 spiro atoms. The number of sulfone groups is 2. The Balaban J connectivity index is 3.81. The molecule has 0 bridgehead atoms. The lowest BCUT2D eigenvalue weighted by Crippen LogP contribution is -2.15. The fourth-order valence-corrected chi connectivity index (χ4v) is 5.84. The fourth-order valence-electron chi connectivity index (χ4n) is 2.58. The predicted molar refractivity (Wildman–Crippen MR) is 85.2 cm³/mol. The maximum absolute atomic E-state index is 12.3. The molecule has 0 fully saturated rings. The molecule has 0 radical (unpaired) electrons. The summed E-state index contributed by atoms with van der Waals surface area (Å²) in [6.45, 7) is 11.7. The Labute approximate surface area is 127 Å². The van der Waals surface area contributed by atoms with E-state index in [9.17, 15) is 16.8 Å². The Morgan fingerprint density at radius 1 is 0.857 bits per heavy atom. The summed E-state index contributed by atoms with van der Waals surface area (Å²) in [5.74, 6) is -0.447. The van der Waals surface area contributed by atoms with Gasteiger partial charge in [-0.1, -0.05) is 18.2 Å². The first kappa shape index (κ1) is 17.7. The highest BCUT2D eigenvalue weighted by molar-refractivity contribution is 7.92. The van der Waals surface area contributed by atoms with E-state index in [0.29, 0.717) is 11.1 Å².